The molecule has 0 radical (unpaired) electrons. The van der Waals surface area contributed by atoms with Gasteiger partial charge in [-0.25, -0.2) is 9.97 Å². The van der Waals surface area contributed by atoms with Gasteiger partial charge in [-0.2, -0.15) is 0 Å². The van der Waals surface area contributed by atoms with Crippen LogP contribution in [0.3, 0.4) is 0 Å². The first-order valence-electron chi connectivity index (χ1n) is 5.28. The van der Waals surface area contributed by atoms with Crippen LogP contribution in [0.2, 0.25) is 5.02 Å². The number of nitrogen functional groups attached to an aromatic ring is 1. The lowest BCUT2D eigenvalue weighted by atomic mass is 9.96. The fourth-order valence-electron chi connectivity index (χ4n) is 1.84. The summed E-state index contributed by atoms with van der Waals surface area (Å²) in [6, 6.07) is 0. The number of nitrogens with zero attached hydrogens (tertiary/aromatic N) is 3. The minimum absolute atomic E-state index is 0.278. The number of piperidine rings is 1. The number of hydrogen-bond acceptors (Lipinski definition) is 5. The normalized spacial score (nSPS) is 25.8. The van der Waals surface area contributed by atoms with Crippen LogP contribution in [-0.2, 0) is 0 Å². The molecule has 2 atom stereocenters. The first kappa shape index (κ1) is 11.4. The highest BCUT2D eigenvalue weighted by Crippen LogP contribution is 2.30. The van der Waals surface area contributed by atoms with Gasteiger partial charge in [0.25, 0.3) is 0 Å². The molecule has 3 N–H and O–H groups in total. The van der Waals surface area contributed by atoms with Gasteiger partial charge in [-0.3, -0.25) is 0 Å². The average molecular weight is 243 g/mol. The van der Waals surface area contributed by atoms with Gasteiger partial charge in [-0.05, 0) is 12.3 Å². The zero-order chi connectivity index (χ0) is 11.7. The zero-order valence-electron chi connectivity index (χ0n) is 9.10. The largest absolute Gasteiger partial charge is 0.391 e. The molecular weight excluding hydrogens is 228 g/mol. The van der Waals surface area contributed by atoms with Crippen LogP contribution in [0.15, 0.2) is 6.33 Å². The van der Waals surface area contributed by atoms with E-state index in [0.29, 0.717) is 23.3 Å². The number of nitrogens with two attached hydrogens (primary N) is 1. The molecule has 0 spiro atoms. The molecule has 6 heteroatoms. The summed E-state index contributed by atoms with van der Waals surface area (Å²) in [4.78, 5) is 9.88. The summed E-state index contributed by atoms with van der Waals surface area (Å²) in [7, 11) is 0. The molecule has 1 saturated heterocycles. The SMILES string of the molecule is CC1CCN(c2ncnc(N)c2Cl)CC1O. The van der Waals surface area contributed by atoms with E-state index in [9.17, 15) is 5.11 Å². The maximum atomic E-state index is 9.81. The van der Waals surface area contributed by atoms with Crippen LogP contribution in [-0.4, -0.2) is 34.3 Å². The topological polar surface area (TPSA) is 75.3 Å². The molecule has 0 saturated carbocycles. The molecule has 2 rings (SSSR count). The minimum atomic E-state index is -0.346. The van der Waals surface area contributed by atoms with Crippen molar-refractivity contribution in [3.8, 4) is 0 Å². The van der Waals surface area contributed by atoms with E-state index in [1.165, 1.54) is 6.33 Å². The summed E-state index contributed by atoms with van der Waals surface area (Å²) in [6.07, 6.45) is 1.96. The highest BCUT2D eigenvalue weighted by Gasteiger charge is 2.26. The third-order valence-electron chi connectivity index (χ3n) is 3.02. The van der Waals surface area contributed by atoms with Crippen LogP contribution in [0.4, 0.5) is 11.6 Å². The van der Waals surface area contributed by atoms with Gasteiger partial charge in [0.05, 0.1) is 6.10 Å². The van der Waals surface area contributed by atoms with Gasteiger partial charge in [0.1, 0.15) is 17.2 Å². The molecule has 1 aliphatic heterocycles. The Kier molecular flexibility index (Phi) is 3.16. The van der Waals surface area contributed by atoms with Crippen molar-refractivity contribution < 1.29 is 5.11 Å². The predicted molar refractivity (Wildman–Crippen MR) is 63.5 cm³/mol. The zero-order valence-corrected chi connectivity index (χ0v) is 9.85. The smallest absolute Gasteiger partial charge is 0.153 e. The standard InChI is InChI=1S/C10H15ClN4O/c1-6-2-3-15(4-7(6)16)10-8(11)9(12)13-5-14-10/h5-7,16H,2-4H2,1H3,(H2,12,13,14). The molecule has 5 nitrogen and oxygen atoms in total. The van der Waals surface area contributed by atoms with Gasteiger partial charge in [0.15, 0.2) is 5.82 Å². The van der Waals surface area contributed by atoms with Crippen LogP contribution in [0.1, 0.15) is 13.3 Å². The van der Waals surface area contributed by atoms with Crippen molar-refractivity contribution >= 4 is 23.2 Å². The van der Waals surface area contributed by atoms with Crippen LogP contribution in [0, 0.1) is 5.92 Å². The van der Waals surface area contributed by atoms with Crippen molar-refractivity contribution in [3.05, 3.63) is 11.3 Å². The number of aliphatic hydroxyl groups is 1. The molecule has 16 heavy (non-hydrogen) atoms. The first-order valence-corrected chi connectivity index (χ1v) is 5.66. The Hall–Kier alpha value is -1.07. The summed E-state index contributed by atoms with van der Waals surface area (Å²) in [6.45, 7) is 3.41. The summed E-state index contributed by atoms with van der Waals surface area (Å²) in [5.41, 5.74) is 5.62. The van der Waals surface area contributed by atoms with Crippen LogP contribution >= 0.6 is 11.6 Å². The van der Waals surface area contributed by atoms with Crippen molar-refractivity contribution in [2.24, 2.45) is 5.92 Å². The lowest BCUT2D eigenvalue weighted by molar-refractivity contribution is 0.102. The van der Waals surface area contributed by atoms with Crippen LogP contribution in [0.25, 0.3) is 0 Å². The van der Waals surface area contributed by atoms with E-state index < -0.39 is 0 Å². The molecule has 2 unspecified atom stereocenters. The lowest BCUT2D eigenvalue weighted by Gasteiger charge is -2.35. The predicted octanol–water partition coefficient (Wildman–Crippen LogP) is 0.919. The first-order chi connectivity index (χ1) is 7.59. The Morgan fingerprint density at radius 3 is 3.00 bits per heavy atom. The molecule has 1 aromatic heterocycles. The van der Waals surface area contributed by atoms with Crippen molar-refractivity contribution in [2.75, 3.05) is 23.7 Å². The number of anilines is 2. The molecule has 0 amide bonds. The second-order valence-electron chi connectivity index (χ2n) is 4.18. The van der Waals surface area contributed by atoms with Gasteiger partial charge in [-0.15, -0.1) is 0 Å². The number of aliphatic hydroxyl groups excluding tert-OH is 1. The molecule has 2 heterocycles. The highest BCUT2D eigenvalue weighted by atomic mass is 35.5. The quantitative estimate of drug-likeness (QED) is 0.766. The second kappa shape index (κ2) is 4.43. The fraction of sp³-hybridized carbons (Fsp3) is 0.600. The highest BCUT2D eigenvalue weighted by molar-refractivity contribution is 6.35. The van der Waals surface area contributed by atoms with Crippen molar-refractivity contribution in [3.63, 3.8) is 0 Å². The second-order valence-corrected chi connectivity index (χ2v) is 4.55. The van der Waals surface area contributed by atoms with Crippen LogP contribution in [0.5, 0.6) is 0 Å². The third kappa shape index (κ3) is 2.05. The Morgan fingerprint density at radius 1 is 1.56 bits per heavy atom. The van der Waals surface area contributed by atoms with Gasteiger partial charge in [-0.1, -0.05) is 18.5 Å². The third-order valence-corrected chi connectivity index (χ3v) is 3.38. The molecule has 1 aromatic rings. The summed E-state index contributed by atoms with van der Waals surface area (Å²) >= 11 is 6.04. The molecule has 1 fully saturated rings. The molecule has 1 aliphatic rings. The Labute approximate surface area is 99.3 Å². The van der Waals surface area contributed by atoms with E-state index in [1.807, 2.05) is 11.8 Å². The van der Waals surface area contributed by atoms with E-state index in [2.05, 4.69) is 9.97 Å². The van der Waals surface area contributed by atoms with E-state index in [1.54, 1.807) is 0 Å². The van der Waals surface area contributed by atoms with Gasteiger partial charge >= 0.3 is 0 Å². The van der Waals surface area contributed by atoms with E-state index in [-0.39, 0.29) is 11.9 Å². The lowest BCUT2D eigenvalue weighted by Crippen LogP contribution is -2.43. The number of hydrogen-bond donors (Lipinski definition) is 2. The molecule has 0 bridgehead atoms. The molecule has 0 aromatic carbocycles. The summed E-state index contributed by atoms with van der Waals surface area (Å²) in [5.74, 6) is 1.20. The molecular formula is C10H15ClN4O. The monoisotopic (exact) mass is 242 g/mol. The maximum Gasteiger partial charge on any atom is 0.153 e. The summed E-state index contributed by atoms with van der Waals surface area (Å²) < 4.78 is 0. The van der Waals surface area contributed by atoms with Gasteiger partial charge in [0.2, 0.25) is 0 Å². The minimum Gasteiger partial charge on any atom is -0.391 e. The van der Waals surface area contributed by atoms with Crippen molar-refractivity contribution in [2.45, 2.75) is 19.4 Å². The average Bonchev–Trinajstić information content (AvgIpc) is 2.26. The number of aromatic nitrogens is 2. The van der Waals surface area contributed by atoms with Gasteiger partial charge in [0, 0.05) is 13.1 Å². The number of halogens is 1. The van der Waals surface area contributed by atoms with Crippen molar-refractivity contribution in [1.29, 1.82) is 0 Å². The molecule has 88 valence electrons. The Morgan fingerprint density at radius 2 is 2.31 bits per heavy atom. The Bertz CT molecular complexity index is 387. The number of β-amino-alcohol motifs (C(OH)–C–C–N with tert-alkyl or cyclic N) is 1. The Balaban J connectivity index is 2.22. The van der Waals surface area contributed by atoms with E-state index in [4.69, 9.17) is 17.3 Å². The maximum absolute atomic E-state index is 9.81. The van der Waals surface area contributed by atoms with Crippen molar-refractivity contribution in [1.82, 2.24) is 9.97 Å². The molecule has 0 aliphatic carbocycles. The van der Waals surface area contributed by atoms with Crippen LogP contribution < -0.4 is 10.6 Å². The summed E-state index contributed by atoms with van der Waals surface area (Å²) in [5, 5.41) is 10.2. The van der Waals surface area contributed by atoms with E-state index >= 15 is 0 Å². The van der Waals surface area contributed by atoms with E-state index in [0.717, 1.165) is 13.0 Å². The fourth-order valence-corrected chi connectivity index (χ4v) is 2.05. The van der Waals surface area contributed by atoms with Gasteiger partial charge < -0.3 is 15.7 Å². The number of rotatable bonds is 1.